The van der Waals surface area contributed by atoms with Crippen LogP contribution in [0.3, 0.4) is 0 Å². The Morgan fingerprint density at radius 2 is 1.74 bits per heavy atom. The van der Waals surface area contributed by atoms with Gasteiger partial charge < -0.3 is 4.57 Å². The van der Waals surface area contributed by atoms with Gasteiger partial charge in [0.25, 0.3) is 0 Å². The molecule has 0 unspecified atom stereocenters. The van der Waals surface area contributed by atoms with Gasteiger partial charge in [-0.15, -0.1) is 0 Å². The second-order valence-electron chi connectivity index (χ2n) is 4.78. The highest BCUT2D eigenvalue weighted by Gasteiger charge is 2.11. The molecule has 0 aliphatic heterocycles. The molecule has 1 heterocycles. The molecule has 0 atom stereocenters. The molecule has 2 heteroatoms. The van der Waals surface area contributed by atoms with Crippen LogP contribution in [0.1, 0.15) is 21.7 Å². The number of fused-ring (bicyclic) bond motifs is 1. The van der Waals surface area contributed by atoms with Crippen LogP contribution in [-0.4, -0.2) is 10.9 Å². The first-order valence-corrected chi connectivity index (χ1v) is 6.34. The van der Waals surface area contributed by atoms with Gasteiger partial charge in [0, 0.05) is 22.3 Å². The van der Waals surface area contributed by atoms with Gasteiger partial charge in [0.05, 0.1) is 5.69 Å². The van der Waals surface area contributed by atoms with E-state index in [9.17, 15) is 4.79 Å². The average Bonchev–Trinajstić information content (AvgIpc) is 2.73. The molecule has 0 saturated heterocycles. The van der Waals surface area contributed by atoms with E-state index in [1.54, 1.807) is 0 Å². The molecular formula is C17H15NO. The van der Waals surface area contributed by atoms with Crippen molar-refractivity contribution in [3.05, 3.63) is 65.5 Å². The molecule has 0 N–H and O–H groups in total. The Kier molecular flexibility index (Phi) is 2.71. The molecule has 0 saturated carbocycles. The summed E-state index contributed by atoms with van der Waals surface area (Å²) in [6.45, 7) is 4.01. The van der Waals surface area contributed by atoms with E-state index in [-0.39, 0.29) is 0 Å². The van der Waals surface area contributed by atoms with Gasteiger partial charge in [0.15, 0.2) is 6.29 Å². The molecule has 0 aliphatic carbocycles. The first-order valence-electron chi connectivity index (χ1n) is 6.34. The van der Waals surface area contributed by atoms with E-state index in [0.717, 1.165) is 28.9 Å². The number of hydrogen-bond donors (Lipinski definition) is 0. The second-order valence-corrected chi connectivity index (χ2v) is 4.78. The van der Waals surface area contributed by atoms with Crippen LogP contribution in [0.5, 0.6) is 0 Å². The van der Waals surface area contributed by atoms with Gasteiger partial charge in [-0.1, -0.05) is 36.4 Å². The Bertz CT molecular complexity index is 763. The van der Waals surface area contributed by atoms with Gasteiger partial charge in [-0.25, -0.2) is 0 Å². The van der Waals surface area contributed by atoms with Crippen molar-refractivity contribution in [1.82, 2.24) is 4.57 Å². The molecule has 1 aromatic heterocycles. The Balaban J connectivity index is 2.37. The van der Waals surface area contributed by atoms with E-state index in [0.29, 0.717) is 0 Å². The Morgan fingerprint density at radius 1 is 1.00 bits per heavy atom. The molecular weight excluding hydrogens is 234 g/mol. The number of benzene rings is 2. The van der Waals surface area contributed by atoms with Crippen molar-refractivity contribution in [1.29, 1.82) is 0 Å². The number of rotatable bonds is 2. The SMILES string of the molecule is Cc1cc(C=O)c(C)n1-c1cccc2ccccc12. The summed E-state index contributed by atoms with van der Waals surface area (Å²) in [5.74, 6) is 0. The highest BCUT2D eigenvalue weighted by atomic mass is 16.1. The third-order valence-electron chi connectivity index (χ3n) is 3.60. The molecule has 3 aromatic rings. The molecule has 0 radical (unpaired) electrons. The molecule has 3 rings (SSSR count). The Hall–Kier alpha value is -2.35. The largest absolute Gasteiger partial charge is 0.317 e. The maximum absolute atomic E-state index is 11.1. The van der Waals surface area contributed by atoms with Gasteiger partial charge >= 0.3 is 0 Å². The predicted octanol–water partition coefficient (Wildman–Crippen LogP) is 4.06. The monoisotopic (exact) mass is 249 g/mol. The third-order valence-corrected chi connectivity index (χ3v) is 3.60. The fourth-order valence-electron chi connectivity index (χ4n) is 2.68. The summed E-state index contributed by atoms with van der Waals surface area (Å²) >= 11 is 0. The minimum atomic E-state index is 0.755. The van der Waals surface area contributed by atoms with Crippen LogP contribution in [0.15, 0.2) is 48.5 Å². The van der Waals surface area contributed by atoms with Crippen molar-refractivity contribution in [3.8, 4) is 5.69 Å². The minimum Gasteiger partial charge on any atom is -0.317 e. The lowest BCUT2D eigenvalue weighted by atomic mass is 10.1. The lowest BCUT2D eigenvalue weighted by molar-refractivity contribution is 0.112. The molecule has 0 fully saturated rings. The third kappa shape index (κ3) is 1.76. The van der Waals surface area contributed by atoms with E-state index in [1.807, 2.05) is 32.0 Å². The zero-order chi connectivity index (χ0) is 13.4. The number of aldehydes is 1. The Morgan fingerprint density at radius 3 is 2.47 bits per heavy atom. The zero-order valence-corrected chi connectivity index (χ0v) is 11.1. The van der Waals surface area contributed by atoms with Crippen LogP contribution in [0.4, 0.5) is 0 Å². The molecule has 94 valence electrons. The van der Waals surface area contributed by atoms with Gasteiger partial charge in [-0.05, 0) is 31.4 Å². The number of hydrogen-bond acceptors (Lipinski definition) is 1. The van der Waals surface area contributed by atoms with E-state index in [1.165, 1.54) is 10.8 Å². The second kappa shape index (κ2) is 4.39. The van der Waals surface area contributed by atoms with Gasteiger partial charge in [-0.3, -0.25) is 4.79 Å². The summed E-state index contributed by atoms with van der Waals surface area (Å²) in [5, 5.41) is 2.41. The fraction of sp³-hybridized carbons (Fsp3) is 0.118. The number of carbonyl (C=O) groups is 1. The molecule has 2 nitrogen and oxygen atoms in total. The van der Waals surface area contributed by atoms with Crippen LogP contribution < -0.4 is 0 Å². The van der Waals surface area contributed by atoms with E-state index < -0.39 is 0 Å². The van der Waals surface area contributed by atoms with Crippen molar-refractivity contribution in [2.75, 3.05) is 0 Å². The summed E-state index contributed by atoms with van der Waals surface area (Å²) < 4.78 is 2.14. The van der Waals surface area contributed by atoms with Crippen LogP contribution in [-0.2, 0) is 0 Å². The van der Waals surface area contributed by atoms with Crippen molar-refractivity contribution in [2.24, 2.45) is 0 Å². The van der Waals surface area contributed by atoms with E-state index in [2.05, 4.69) is 34.9 Å². The molecule has 0 amide bonds. The minimum absolute atomic E-state index is 0.755. The molecule has 19 heavy (non-hydrogen) atoms. The fourth-order valence-corrected chi connectivity index (χ4v) is 2.68. The highest BCUT2D eigenvalue weighted by Crippen LogP contribution is 2.26. The average molecular weight is 249 g/mol. The molecule has 0 aliphatic rings. The lowest BCUT2D eigenvalue weighted by Gasteiger charge is -2.12. The van der Waals surface area contributed by atoms with Gasteiger partial charge in [-0.2, -0.15) is 0 Å². The van der Waals surface area contributed by atoms with Crippen LogP contribution in [0.25, 0.3) is 16.5 Å². The molecule has 0 bridgehead atoms. The molecule has 2 aromatic carbocycles. The van der Waals surface area contributed by atoms with Gasteiger partial charge in [0.1, 0.15) is 0 Å². The summed E-state index contributed by atoms with van der Waals surface area (Å²) in [7, 11) is 0. The van der Waals surface area contributed by atoms with Gasteiger partial charge in [0.2, 0.25) is 0 Å². The standard InChI is InChI=1S/C17H15NO/c1-12-10-15(11-19)13(2)18(12)17-9-5-7-14-6-3-4-8-16(14)17/h3-11H,1-2H3. The van der Waals surface area contributed by atoms with E-state index >= 15 is 0 Å². The zero-order valence-electron chi connectivity index (χ0n) is 11.1. The van der Waals surface area contributed by atoms with Crippen LogP contribution in [0, 0.1) is 13.8 Å². The Labute approximate surface area is 112 Å². The maximum Gasteiger partial charge on any atom is 0.151 e. The maximum atomic E-state index is 11.1. The summed E-state index contributed by atoms with van der Waals surface area (Å²) in [6, 6.07) is 16.5. The summed E-state index contributed by atoms with van der Waals surface area (Å²) in [6.07, 6.45) is 0.921. The normalized spacial score (nSPS) is 10.8. The van der Waals surface area contributed by atoms with Crippen molar-refractivity contribution < 1.29 is 4.79 Å². The lowest BCUT2D eigenvalue weighted by Crippen LogP contribution is -2.00. The topological polar surface area (TPSA) is 22.0 Å². The highest BCUT2D eigenvalue weighted by molar-refractivity contribution is 5.91. The number of nitrogens with zero attached hydrogens (tertiary/aromatic N) is 1. The summed E-state index contributed by atoms with van der Waals surface area (Å²) in [4.78, 5) is 11.1. The van der Waals surface area contributed by atoms with Crippen LogP contribution >= 0.6 is 0 Å². The quantitative estimate of drug-likeness (QED) is 0.628. The number of aromatic nitrogens is 1. The number of carbonyl (C=O) groups excluding carboxylic acids is 1. The van der Waals surface area contributed by atoms with E-state index in [4.69, 9.17) is 0 Å². The van der Waals surface area contributed by atoms with Crippen molar-refractivity contribution >= 4 is 17.1 Å². The first-order chi connectivity index (χ1) is 9.22. The predicted molar refractivity (Wildman–Crippen MR) is 78.1 cm³/mol. The molecule has 0 spiro atoms. The van der Waals surface area contributed by atoms with Crippen LogP contribution in [0.2, 0.25) is 0 Å². The van der Waals surface area contributed by atoms with Crippen molar-refractivity contribution in [3.63, 3.8) is 0 Å². The van der Waals surface area contributed by atoms with Crippen molar-refractivity contribution in [2.45, 2.75) is 13.8 Å². The summed E-state index contributed by atoms with van der Waals surface area (Å²) in [5.41, 5.74) is 3.95. The smallest absolute Gasteiger partial charge is 0.151 e. The number of aryl methyl sites for hydroxylation is 1. The first kappa shape index (κ1) is 11.7.